The van der Waals surface area contributed by atoms with Crippen LogP contribution in [0.5, 0.6) is 11.5 Å². The molecule has 1 fully saturated rings. The van der Waals surface area contributed by atoms with E-state index >= 15 is 0 Å². The number of ether oxygens (including phenoxy) is 2. The molecule has 31 heavy (non-hydrogen) atoms. The second-order valence-electron chi connectivity index (χ2n) is 7.38. The first kappa shape index (κ1) is 23.0. The number of anilines is 1. The highest BCUT2D eigenvalue weighted by molar-refractivity contribution is 9.10. The number of amides is 2. The van der Waals surface area contributed by atoms with Crippen LogP contribution in [0.3, 0.4) is 0 Å². The summed E-state index contributed by atoms with van der Waals surface area (Å²) in [7, 11) is 1.53. The van der Waals surface area contributed by atoms with Crippen molar-refractivity contribution in [1.29, 1.82) is 0 Å². The van der Waals surface area contributed by atoms with E-state index in [1.807, 2.05) is 39.8 Å². The fraction of sp³-hybridized carbons (Fsp3) is 0.261. The molecule has 0 spiro atoms. The lowest BCUT2D eigenvalue weighted by atomic mass is 10.0. The molecule has 0 bridgehead atoms. The maximum Gasteiger partial charge on any atom is 0.270 e. The summed E-state index contributed by atoms with van der Waals surface area (Å²) in [4.78, 5) is 27.3. The normalized spacial score (nSPS) is 15.5. The molecule has 1 aliphatic heterocycles. The van der Waals surface area contributed by atoms with Crippen molar-refractivity contribution < 1.29 is 19.1 Å². The highest BCUT2D eigenvalue weighted by Crippen LogP contribution is 2.38. The van der Waals surface area contributed by atoms with Crippen molar-refractivity contribution in [2.45, 2.75) is 33.8 Å². The van der Waals surface area contributed by atoms with Gasteiger partial charge in [0.25, 0.3) is 11.8 Å². The van der Waals surface area contributed by atoms with Crippen molar-refractivity contribution in [1.82, 2.24) is 5.32 Å². The van der Waals surface area contributed by atoms with Crippen LogP contribution in [-0.2, 0) is 9.59 Å². The minimum Gasteiger partial charge on any atom is -0.493 e. The van der Waals surface area contributed by atoms with Gasteiger partial charge in [0.2, 0.25) is 0 Å². The fourth-order valence-corrected chi connectivity index (χ4v) is 4.02. The number of rotatable bonds is 5. The average Bonchev–Trinajstić information content (AvgIpc) is 2.69. The van der Waals surface area contributed by atoms with Crippen molar-refractivity contribution in [3.8, 4) is 11.5 Å². The molecule has 3 rings (SSSR count). The molecule has 0 aliphatic carbocycles. The van der Waals surface area contributed by atoms with E-state index in [-0.39, 0.29) is 16.8 Å². The zero-order chi connectivity index (χ0) is 22.9. The average molecular weight is 503 g/mol. The van der Waals surface area contributed by atoms with E-state index in [2.05, 4.69) is 21.2 Å². The van der Waals surface area contributed by atoms with Gasteiger partial charge in [-0.15, -0.1) is 0 Å². The van der Waals surface area contributed by atoms with Crippen molar-refractivity contribution in [3.63, 3.8) is 0 Å². The molecule has 6 nitrogen and oxygen atoms in total. The minimum absolute atomic E-state index is 0.0269. The van der Waals surface area contributed by atoms with Gasteiger partial charge < -0.3 is 9.47 Å². The lowest BCUT2D eigenvalue weighted by molar-refractivity contribution is -0.122. The van der Waals surface area contributed by atoms with Crippen LogP contribution in [0.2, 0.25) is 0 Å². The summed E-state index contributed by atoms with van der Waals surface area (Å²) in [5.74, 6) is 0.00644. The summed E-state index contributed by atoms with van der Waals surface area (Å²) >= 11 is 8.79. The van der Waals surface area contributed by atoms with E-state index in [1.165, 1.54) is 18.1 Å². The fourth-order valence-electron chi connectivity index (χ4n) is 3.19. The summed E-state index contributed by atoms with van der Waals surface area (Å²) in [5, 5.41) is 2.67. The predicted molar refractivity (Wildman–Crippen MR) is 129 cm³/mol. The van der Waals surface area contributed by atoms with Gasteiger partial charge in [0.1, 0.15) is 5.57 Å². The number of methoxy groups -OCH3 is 1. The van der Waals surface area contributed by atoms with Crippen LogP contribution in [0, 0.1) is 13.8 Å². The molecule has 8 heteroatoms. The number of carbonyl (C=O) groups is 2. The number of aryl methyl sites for hydroxylation is 1. The highest BCUT2D eigenvalue weighted by atomic mass is 79.9. The van der Waals surface area contributed by atoms with Gasteiger partial charge in [0.05, 0.1) is 23.4 Å². The Kier molecular flexibility index (Phi) is 6.81. The topological polar surface area (TPSA) is 67.9 Å². The molecule has 1 saturated heterocycles. The molecule has 1 aliphatic rings. The third-order valence-electron chi connectivity index (χ3n) is 4.83. The molecular weight excluding hydrogens is 480 g/mol. The maximum absolute atomic E-state index is 13.3. The number of nitrogens with zero attached hydrogens (tertiary/aromatic N) is 1. The summed E-state index contributed by atoms with van der Waals surface area (Å²) in [6.45, 7) is 7.70. The lowest BCUT2D eigenvalue weighted by Crippen LogP contribution is -2.54. The van der Waals surface area contributed by atoms with Gasteiger partial charge in [-0.3, -0.25) is 19.8 Å². The Bertz CT molecular complexity index is 1110. The largest absolute Gasteiger partial charge is 0.493 e. The second kappa shape index (κ2) is 9.20. The summed E-state index contributed by atoms with van der Waals surface area (Å²) in [6, 6.07) is 9.09. The molecule has 0 saturated carbocycles. The quantitative estimate of drug-likeness (QED) is 0.364. The second-order valence-corrected chi connectivity index (χ2v) is 8.62. The lowest BCUT2D eigenvalue weighted by Gasteiger charge is -2.30. The summed E-state index contributed by atoms with van der Waals surface area (Å²) in [5.41, 5.74) is 3.15. The summed E-state index contributed by atoms with van der Waals surface area (Å²) < 4.78 is 11.9. The van der Waals surface area contributed by atoms with Gasteiger partial charge in [-0.25, -0.2) is 0 Å². The number of nitrogens with one attached hydrogen (secondary N) is 1. The van der Waals surface area contributed by atoms with E-state index in [4.69, 9.17) is 21.7 Å². The number of benzene rings is 2. The van der Waals surface area contributed by atoms with E-state index in [0.29, 0.717) is 27.2 Å². The van der Waals surface area contributed by atoms with Gasteiger partial charge in [0, 0.05) is 0 Å². The van der Waals surface area contributed by atoms with Crippen LogP contribution >= 0.6 is 28.1 Å². The van der Waals surface area contributed by atoms with Crippen LogP contribution < -0.4 is 19.7 Å². The first-order valence-corrected chi connectivity index (χ1v) is 10.9. The first-order chi connectivity index (χ1) is 14.6. The Morgan fingerprint density at radius 3 is 2.55 bits per heavy atom. The monoisotopic (exact) mass is 502 g/mol. The zero-order valence-corrected chi connectivity index (χ0v) is 20.3. The SMILES string of the molecule is COc1cc(/C=C2\C(=O)NC(=S)N(c3cccc(C)c3C)C2=O)cc(Br)c1OC(C)C. The highest BCUT2D eigenvalue weighted by Gasteiger charge is 2.35. The molecule has 1 N–H and O–H groups in total. The molecule has 162 valence electrons. The van der Waals surface area contributed by atoms with E-state index in [1.54, 1.807) is 18.2 Å². The van der Waals surface area contributed by atoms with Gasteiger partial charge in [-0.05, 0) is 96.8 Å². The molecule has 0 aromatic heterocycles. The first-order valence-electron chi connectivity index (χ1n) is 9.66. The zero-order valence-electron chi connectivity index (χ0n) is 17.9. The number of hydrogen-bond donors (Lipinski definition) is 1. The van der Waals surface area contributed by atoms with E-state index in [0.717, 1.165) is 11.1 Å². The smallest absolute Gasteiger partial charge is 0.270 e. The van der Waals surface area contributed by atoms with Crippen LogP contribution in [0.4, 0.5) is 5.69 Å². The van der Waals surface area contributed by atoms with Crippen LogP contribution in [0.15, 0.2) is 40.4 Å². The third-order valence-corrected chi connectivity index (χ3v) is 5.71. The number of carbonyl (C=O) groups excluding carboxylic acids is 2. The van der Waals surface area contributed by atoms with Crippen molar-refractivity contribution in [2.24, 2.45) is 0 Å². The van der Waals surface area contributed by atoms with Crippen molar-refractivity contribution >= 4 is 56.8 Å². The van der Waals surface area contributed by atoms with Crippen molar-refractivity contribution in [3.05, 3.63) is 57.1 Å². The van der Waals surface area contributed by atoms with E-state index in [9.17, 15) is 9.59 Å². The molecule has 1 heterocycles. The molecule has 2 amide bonds. The van der Waals surface area contributed by atoms with Crippen LogP contribution in [0.1, 0.15) is 30.5 Å². The Morgan fingerprint density at radius 2 is 1.90 bits per heavy atom. The Labute approximate surface area is 195 Å². The Hall–Kier alpha value is -2.71. The number of hydrogen-bond acceptors (Lipinski definition) is 5. The van der Waals surface area contributed by atoms with Gasteiger partial charge in [-0.1, -0.05) is 12.1 Å². The minimum atomic E-state index is -0.547. The maximum atomic E-state index is 13.3. The van der Waals surface area contributed by atoms with Gasteiger partial charge in [0.15, 0.2) is 16.6 Å². The molecule has 0 radical (unpaired) electrons. The van der Waals surface area contributed by atoms with E-state index < -0.39 is 11.8 Å². The van der Waals surface area contributed by atoms with Gasteiger partial charge >= 0.3 is 0 Å². The standard InChI is InChI=1S/C23H23BrN2O4S/c1-12(2)30-20-17(24)10-15(11-19(20)29-5)9-16-21(27)25-23(31)26(22(16)28)18-8-6-7-13(3)14(18)4/h6-12H,1-5H3,(H,25,27,31)/b16-9+. The molecule has 2 aromatic rings. The number of thiocarbonyl (C=S) groups is 1. The summed E-state index contributed by atoms with van der Waals surface area (Å²) in [6.07, 6.45) is 1.47. The third kappa shape index (κ3) is 4.65. The Morgan fingerprint density at radius 1 is 1.19 bits per heavy atom. The Balaban J connectivity index is 2.06. The van der Waals surface area contributed by atoms with Crippen molar-refractivity contribution in [2.75, 3.05) is 12.0 Å². The molecular formula is C23H23BrN2O4S. The number of halogens is 1. The van der Waals surface area contributed by atoms with Crippen LogP contribution in [-0.4, -0.2) is 30.1 Å². The predicted octanol–water partition coefficient (Wildman–Crippen LogP) is 4.69. The molecule has 2 aromatic carbocycles. The molecule has 0 unspecified atom stereocenters. The van der Waals surface area contributed by atoms with Gasteiger partial charge in [-0.2, -0.15) is 0 Å². The molecule has 0 atom stereocenters. The van der Waals surface area contributed by atoms with Crippen LogP contribution in [0.25, 0.3) is 6.08 Å².